The highest BCUT2D eigenvalue weighted by molar-refractivity contribution is 7.89. The first kappa shape index (κ1) is 19.9. The van der Waals surface area contributed by atoms with Crippen LogP contribution in [0.1, 0.15) is 5.76 Å². The van der Waals surface area contributed by atoms with Gasteiger partial charge >= 0.3 is 6.18 Å². The van der Waals surface area contributed by atoms with Crippen molar-refractivity contribution >= 4 is 10.0 Å². The minimum Gasteiger partial charge on any atom is -0.350 e. The van der Waals surface area contributed by atoms with Gasteiger partial charge in [0, 0.05) is 5.56 Å². The van der Waals surface area contributed by atoms with Gasteiger partial charge < -0.3 is 4.52 Å². The van der Waals surface area contributed by atoms with Crippen LogP contribution in [0.15, 0.2) is 45.8 Å². The predicted octanol–water partition coefficient (Wildman–Crippen LogP) is 4.09. The number of hydrogen-bond acceptors (Lipinski definition) is 4. The Balaban J connectivity index is 2.32. The topological polar surface area (TPSA) is 86.2 Å². The highest BCUT2D eigenvalue weighted by Crippen LogP contribution is 2.43. The maximum Gasteiger partial charge on any atom is 0.453 e. The molecule has 0 saturated heterocycles. The van der Waals surface area contributed by atoms with Gasteiger partial charge in [-0.3, -0.25) is 0 Å². The van der Waals surface area contributed by atoms with Crippen molar-refractivity contribution in [3.63, 3.8) is 0 Å². The normalized spacial score (nSPS) is 12.4. The second-order valence-electron chi connectivity index (χ2n) is 5.55. The van der Waals surface area contributed by atoms with Gasteiger partial charge in [-0.1, -0.05) is 5.16 Å². The van der Waals surface area contributed by atoms with Crippen molar-refractivity contribution in [3.8, 4) is 22.4 Å². The van der Waals surface area contributed by atoms with E-state index >= 15 is 0 Å². The van der Waals surface area contributed by atoms with Crippen LogP contribution in [0.4, 0.5) is 26.3 Å². The molecule has 0 radical (unpaired) electrons. The minimum absolute atomic E-state index is 0.0352. The number of halogens is 6. The molecule has 2 N–H and O–H groups in total. The third-order valence-corrected chi connectivity index (χ3v) is 4.60. The van der Waals surface area contributed by atoms with Crippen LogP contribution >= 0.6 is 0 Å². The molecule has 0 aliphatic rings. The number of nitrogens with two attached hydrogens (primary N) is 1. The average Bonchev–Trinajstić information content (AvgIpc) is 2.98. The van der Waals surface area contributed by atoms with Gasteiger partial charge in [-0.25, -0.2) is 26.7 Å². The van der Waals surface area contributed by atoms with E-state index < -0.39 is 61.1 Å². The summed E-state index contributed by atoms with van der Waals surface area (Å²) in [5.41, 5.74) is -2.06. The van der Waals surface area contributed by atoms with Crippen LogP contribution in [-0.4, -0.2) is 13.6 Å². The Morgan fingerprint density at radius 3 is 1.93 bits per heavy atom. The molecule has 1 aromatic heterocycles. The quantitative estimate of drug-likeness (QED) is 0.645. The number of benzene rings is 2. The number of alkyl halides is 3. The van der Waals surface area contributed by atoms with E-state index in [0.29, 0.717) is 12.1 Å². The lowest BCUT2D eigenvalue weighted by molar-refractivity contribution is -0.154. The summed E-state index contributed by atoms with van der Waals surface area (Å²) < 4.78 is 108. The Kier molecular flexibility index (Phi) is 4.71. The summed E-state index contributed by atoms with van der Waals surface area (Å²) in [6.07, 6.45) is -5.09. The van der Waals surface area contributed by atoms with Gasteiger partial charge in [-0.2, -0.15) is 13.2 Å². The maximum atomic E-state index is 14.1. The van der Waals surface area contributed by atoms with Crippen LogP contribution in [0.2, 0.25) is 0 Å². The van der Waals surface area contributed by atoms with Crippen molar-refractivity contribution < 1.29 is 39.3 Å². The van der Waals surface area contributed by atoms with Gasteiger partial charge in [0.15, 0.2) is 4.90 Å². The number of nitrogens with zero attached hydrogens (tertiary/aromatic N) is 1. The second kappa shape index (κ2) is 6.63. The molecule has 0 atom stereocenters. The lowest BCUT2D eigenvalue weighted by Gasteiger charge is -2.10. The molecule has 0 spiro atoms. The summed E-state index contributed by atoms with van der Waals surface area (Å²) in [5.74, 6) is -5.75. The summed E-state index contributed by atoms with van der Waals surface area (Å²) in [5, 5.41) is 7.99. The van der Waals surface area contributed by atoms with Crippen LogP contribution < -0.4 is 5.14 Å². The van der Waals surface area contributed by atoms with Crippen molar-refractivity contribution in [1.29, 1.82) is 0 Å². The third-order valence-electron chi connectivity index (χ3n) is 3.64. The molecule has 2 aromatic carbocycles. The monoisotopic (exact) mass is 422 g/mol. The molecule has 5 nitrogen and oxygen atoms in total. The smallest absolute Gasteiger partial charge is 0.350 e. The molecule has 0 amide bonds. The molecule has 148 valence electrons. The molecule has 0 unspecified atom stereocenters. The summed E-state index contributed by atoms with van der Waals surface area (Å²) in [6, 6.07) is 4.76. The van der Waals surface area contributed by atoms with Gasteiger partial charge in [-0.15, -0.1) is 0 Å². The number of aromatic nitrogens is 1. The Morgan fingerprint density at radius 2 is 1.46 bits per heavy atom. The van der Waals surface area contributed by atoms with Gasteiger partial charge in [0.05, 0.1) is 5.56 Å². The minimum atomic E-state index is -5.09. The zero-order valence-corrected chi connectivity index (χ0v) is 14.2. The van der Waals surface area contributed by atoms with E-state index in [1.165, 1.54) is 0 Å². The van der Waals surface area contributed by atoms with Crippen molar-refractivity contribution in [2.75, 3.05) is 0 Å². The number of sulfonamides is 1. The molecule has 0 aliphatic carbocycles. The standard InChI is InChI=1S/C16H8F6N2O3S/c17-9-3-1-7(2-4-9)13-12(15(27-24-13)16(20,21)22)8-5-10(18)14(11(19)6-8)28(23,25)26/h1-6H,(H2,23,25,26). The molecule has 3 aromatic rings. The molecule has 12 heteroatoms. The van der Waals surface area contributed by atoms with Gasteiger partial charge in [0.25, 0.3) is 0 Å². The molecule has 0 aliphatic heterocycles. The molecule has 0 saturated carbocycles. The lowest BCUT2D eigenvalue weighted by atomic mass is 9.98. The van der Waals surface area contributed by atoms with Crippen LogP contribution in [0.5, 0.6) is 0 Å². The molecule has 0 bridgehead atoms. The molecule has 28 heavy (non-hydrogen) atoms. The molecule has 1 heterocycles. The largest absolute Gasteiger partial charge is 0.453 e. The number of primary sulfonamides is 1. The predicted molar refractivity (Wildman–Crippen MR) is 83.6 cm³/mol. The van der Waals surface area contributed by atoms with Crippen molar-refractivity contribution in [3.05, 3.63) is 59.6 Å². The Hall–Kier alpha value is -2.86. The van der Waals surface area contributed by atoms with Crippen LogP contribution in [-0.2, 0) is 16.2 Å². The molecular formula is C16H8F6N2O3S. The first-order valence-corrected chi connectivity index (χ1v) is 8.79. The highest BCUT2D eigenvalue weighted by atomic mass is 32.2. The fraction of sp³-hybridized carbons (Fsp3) is 0.0625. The maximum absolute atomic E-state index is 14.1. The Labute approximate surface area is 153 Å². The second-order valence-corrected chi connectivity index (χ2v) is 7.05. The van der Waals surface area contributed by atoms with Crippen molar-refractivity contribution in [2.45, 2.75) is 11.1 Å². The summed E-state index contributed by atoms with van der Waals surface area (Å²) >= 11 is 0. The fourth-order valence-corrected chi connectivity index (χ4v) is 3.19. The summed E-state index contributed by atoms with van der Waals surface area (Å²) in [4.78, 5) is -1.50. The number of rotatable bonds is 3. The Morgan fingerprint density at radius 1 is 0.929 bits per heavy atom. The third kappa shape index (κ3) is 3.60. The van der Waals surface area contributed by atoms with E-state index in [1.807, 2.05) is 0 Å². The summed E-state index contributed by atoms with van der Waals surface area (Å²) in [7, 11) is -4.81. The number of hydrogen-bond donors (Lipinski definition) is 1. The van der Waals surface area contributed by atoms with E-state index in [-0.39, 0.29) is 5.56 Å². The fourth-order valence-electron chi connectivity index (χ4n) is 2.53. The SMILES string of the molecule is NS(=O)(=O)c1c(F)cc(-c2c(-c3ccc(F)cc3)noc2C(F)(F)F)cc1F. The molecule has 3 rings (SSSR count). The van der Waals surface area contributed by atoms with Crippen molar-refractivity contribution in [1.82, 2.24) is 5.16 Å². The van der Waals surface area contributed by atoms with E-state index in [2.05, 4.69) is 9.68 Å². The van der Waals surface area contributed by atoms with Crippen LogP contribution in [0.25, 0.3) is 22.4 Å². The average molecular weight is 422 g/mol. The van der Waals surface area contributed by atoms with E-state index in [4.69, 9.17) is 5.14 Å². The van der Waals surface area contributed by atoms with Crippen LogP contribution in [0.3, 0.4) is 0 Å². The lowest BCUT2D eigenvalue weighted by Crippen LogP contribution is -2.16. The van der Waals surface area contributed by atoms with E-state index in [0.717, 1.165) is 24.3 Å². The molecule has 0 fully saturated rings. The van der Waals surface area contributed by atoms with Gasteiger partial charge in [0.1, 0.15) is 23.1 Å². The van der Waals surface area contributed by atoms with Gasteiger partial charge in [0.2, 0.25) is 15.8 Å². The van der Waals surface area contributed by atoms with Crippen LogP contribution in [0, 0.1) is 17.5 Å². The summed E-state index contributed by atoms with van der Waals surface area (Å²) in [6.45, 7) is 0. The Bertz CT molecular complexity index is 1130. The first-order chi connectivity index (χ1) is 12.9. The van der Waals surface area contributed by atoms with Crippen molar-refractivity contribution in [2.24, 2.45) is 5.14 Å². The zero-order valence-electron chi connectivity index (χ0n) is 13.4. The molecular weight excluding hydrogens is 414 g/mol. The highest BCUT2D eigenvalue weighted by Gasteiger charge is 2.41. The first-order valence-electron chi connectivity index (χ1n) is 7.24. The van der Waals surface area contributed by atoms with Gasteiger partial charge in [-0.05, 0) is 42.0 Å². The van der Waals surface area contributed by atoms with E-state index in [9.17, 15) is 34.8 Å². The van der Waals surface area contributed by atoms with E-state index in [1.54, 1.807) is 0 Å². The zero-order chi connectivity index (χ0) is 20.9.